The summed E-state index contributed by atoms with van der Waals surface area (Å²) in [5.74, 6) is 0.547. The van der Waals surface area contributed by atoms with Crippen molar-refractivity contribution < 1.29 is 9.13 Å². The Balaban J connectivity index is 1.61. The van der Waals surface area contributed by atoms with Crippen LogP contribution in [-0.2, 0) is 0 Å². The highest BCUT2D eigenvalue weighted by Crippen LogP contribution is 2.42. The van der Waals surface area contributed by atoms with Crippen molar-refractivity contribution in [1.82, 2.24) is 14.9 Å². The summed E-state index contributed by atoms with van der Waals surface area (Å²) >= 11 is 5.76. The zero-order chi connectivity index (χ0) is 22.8. The second kappa shape index (κ2) is 9.03. The van der Waals surface area contributed by atoms with E-state index in [0.29, 0.717) is 11.7 Å². The van der Waals surface area contributed by atoms with E-state index in [9.17, 15) is 4.39 Å². The molecule has 1 aliphatic rings. The minimum absolute atomic E-state index is 0.180. The average Bonchev–Trinajstić information content (AvgIpc) is 3.45. The molecule has 0 aliphatic carbocycles. The highest BCUT2D eigenvalue weighted by atomic mass is 32.1. The highest BCUT2D eigenvalue weighted by molar-refractivity contribution is 7.80. The van der Waals surface area contributed by atoms with Crippen molar-refractivity contribution in [3.63, 3.8) is 0 Å². The SMILES string of the molecule is CCOc1ccc(-n2cccc2[C@@H]2[C@H](c3ccccn3)NC(=S)N2c2ccc(F)cc2)cc1. The van der Waals surface area contributed by atoms with E-state index in [-0.39, 0.29) is 17.9 Å². The van der Waals surface area contributed by atoms with E-state index >= 15 is 0 Å². The van der Waals surface area contributed by atoms with Crippen molar-refractivity contribution in [1.29, 1.82) is 0 Å². The number of nitrogens with zero attached hydrogens (tertiary/aromatic N) is 3. The number of rotatable bonds is 6. The predicted molar refractivity (Wildman–Crippen MR) is 131 cm³/mol. The molecule has 4 aromatic rings. The van der Waals surface area contributed by atoms with Crippen LogP contribution < -0.4 is 15.0 Å². The number of benzene rings is 2. The number of aromatic nitrogens is 2. The number of nitrogens with one attached hydrogen (secondary N) is 1. The van der Waals surface area contributed by atoms with Gasteiger partial charge in [-0.2, -0.15) is 0 Å². The second-order valence-electron chi connectivity index (χ2n) is 7.70. The van der Waals surface area contributed by atoms with E-state index in [1.54, 1.807) is 18.3 Å². The van der Waals surface area contributed by atoms with E-state index in [1.165, 1.54) is 12.1 Å². The lowest BCUT2D eigenvalue weighted by Crippen LogP contribution is -2.30. The molecule has 1 aliphatic heterocycles. The van der Waals surface area contributed by atoms with Crippen molar-refractivity contribution in [2.75, 3.05) is 11.5 Å². The molecule has 1 N–H and O–H groups in total. The molecular weight excluding hydrogens is 435 g/mol. The largest absolute Gasteiger partial charge is 0.494 e. The Morgan fingerprint density at radius 2 is 1.73 bits per heavy atom. The van der Waals surface area contributed by atoms with Gasteiger partial charge in [0.1, 0.15) is 17.6 Å². The first kappa shape index (κ1) is 21.2. The van der Waals surface area contributed by atoms with Gasteiger partial charge in [0, 0.05) is 29.5 Å². The first-order valence-corrected chi connectivity index (χ1v) is 11.2. The lowest BCUT2D eigenvalue weighted by atomic mass is 10.0. The molecular formula is C26H23FN4OS. The molecule has 0 amide bonds. The minimum Gasteiger partial charge on any atom is -0.494 e. The number of thiocarbonyl (C=S) groups is 1. The van der Waals surface area contributed by atoms with E-state index < -0.39 is 0 Å². The molecule has 7 heteroatoms. The van der Waals surface area contributed by atoms with Gasteiger partial charge in [0.15, 0.2) is 5.11 Å². The van der Waals surface area contributed by atoms with Crippen LogP contribution in [0.3, 0.4) is 0 Å². The molecule has 33 heavy (non-hydrogen) atoms. The Bertz CT molecular complexity index is 1240. The molecule has 1 saturated heterocycles. The minimum atomic E-state index is -0.285. The smallest absolute Gasteiger partial charge is 0.174 e. The topological polar surface area (TPSA) is 42.3 Å². The fraction of sp³-hybridized carbons (Fsp3) is 0.154. The van der Waals surface area contributed by atoms with Crippen LogP contribution >= 0.6 is 12.2 Å². The maximum absolute atomic E-state index is 13.7. The van der Waals surface area contributed by atoms with Crippen LogP contribution in [0, 0.1) is 5.82 Å². The van der Waals surface area contributed by atoms with Gasteiger partial charge in [0.25, 0.3) is 0 Å². The van der Waals surface area contributed by atoms with Gasteiger partial charge in [-0.25, -0.2) is 4.39 Å². The molecule has 5 nitrogen and oxygen atoms in total. The molecule has 5 rings (SSSR count). The summed E-state index contributed by atoms with van der Waals surface area (Å²) < 4.78 is 21.4. The van der Waals surface area contributed by atoms with Crippen molar-refractivity contribution in [2.45, 2.75) is 19.0 Å². The fourth-order valence-corrected chi connectivity index (χ4v) is 4.62. The van der Waals surface area contributed by atoms with E-state index in [0.717, 1.165) is 28.5 Å². The summed E-state index contributed by atoms with van der Waals surface area (Å²) in [6, 6.07) is 24.0. The van der Waals surface area contributed by atoms with E-state index in [2.05, 4.69) is 20.9 Å². The van der Waals surface area contributed by atoms with Gasteiger partial charge in [0.2, 0.25) is 0 Å². The zero-order valence-electron chi connectivity index (χ0n) is 18.1. The van der Waals surface area contributed by atoms with Crippen molar-refractivity contribution in [3.05, 3.63) is 108 Å². The molecule has 3 heterocycles. The van der Waals surface area contributed by atoms with Crippen LogP contribution in [0.15, 0.2) is 91.3 Å². The van der Waals surface area contributed by atoms with Crippen LogP contribution in [0.5, 0.6) is 5.75 Å². The first-order chi connectivity index (χ1) is 16.2. The maximum Gasteiger partial charge on any atom is 0.174 e. The van der Waals surface area contributed by atoms with Gasteiger partial charge in [-0.05, 0) is 91.9 Å². The summed E-state index contributed by atoms with van der Waals surface area (Å²) in [7, 11) is 0. The predicted octanol–water partition coefficient (Wildman–Crippen LogP) is 5.59. The summed E-state index contributed by atoms with van der Waals surface area (Å²) in [5.41, 5.74) is 3.74. The quantitative estimate of drug-likeness (QED) is 0.382. The van der Waals surface area contributed by atoms with Gasteiger partial charge < -0.3 is 19.5 Å². The van der Waals surface area contributed by atoms with Crippen molar-refractivity contribution >= 4 is 23.0 Å². The lowest BCUT2D eigenvalue weighted by Gasteiger charge is -2.29. The van der Waals surface area contributed by atoms with Crippen LogP contribution in [-0.4, -0.2) is 21.3 Å². The zero-order valence-corrected chi connectivity index (χ0v) is 18.9. The van der Waals surface area contributed by atoms with E-state index in [1.807, 2.05) is 66.6 Å². The molecule has 0 bridgehead atoms. The second-order valence-corrected chi connectivity index (χ2v) is 8.09. The van der Waals surface area contributed by atoms with Crippen LogP contribution in [0.1, 0.15) is 30.4 Å². The van der Waals surface area contributed by atoms with Gasteiger partial charge in [-0.3, -0.25) is 4.98 Å². The summed E-state index contributed by atoms with van der Waals surface area (Å²) in [6.45, 7) is 2.59. The standard InChI is InChI=1S/C26H23FN4OS/c1-2-32-21-14-12-19(13-15-21)30-17-5-7-23(30)25-24(22-6-3-4-16-28-22)29-26(33)31(25)20-10-8-18(27)9-11-20/h3-17,24-25H,2H2,1H3,(H,29,33)/t24-,25+/m0/s1. The summed E-state index contributed by atoms with van der Waals surface area (Å²) in [6.07, 6.45) is 3.81. The van der Waals surface area contributed by atoms with Gasteiger partial charge in [-0.15, -0.1) is 0 Å². The number of halogens is 1. The van der Waals surface area contributed by atoms with Gasteiger partial charge in [-0.1, -0.05) is 6.07 Å². The normalized spacial score (nSPS) is 17.8. The Kier molecular flexibility index (Phi) is 5.79. The van der Waals surface area contributed by atoms with Crippen molar-refractivity contribution in [2.24, 2.45) is 0 Å². The third-order valence-corrected chi connectivity index (χ3v) is 6.03. The molecule has 1 fully saturated rings. The highest BCUT2D eigenvalue weighted by Gasteiger charge is 2.42. The molecule has 0 spiro atoms. The van der Waals surface area contributed by atoms with E-state index in [4.69, 9.17) is 17.0 Å². The number of pyridine rings is 1. The average molecular weight is 459 g/mol. The number of hydrogen-bond donors (Lipinski definition) is 1. The Labute approximate surface area is 197 Å². The summed E-state index contributed by atoms with van der Waals surface area (Å²) in [5, 5.41) is 4.02. The summed E-state index contributed by atoms with van der Waals surface area (Å²) in [4.78, 5) is 6.63. The third kappa shape index (κ3) is 4.07. The van der Waals surface area contributed by atoms with Crippen molar-refractivity contribution in [3.8, 4) is 11.4 Å². The molecule has 2 atom stereocenters. The molecule has 166 valence electrons. The Morgan fingerprint density at radius 1 is 0.970 bits per heavy atom. The molecule has 0 unspecified atom stereocenters. The molecule has 0 radical (unpaired) electrons. The number of anilines is 1. The number of hydrogen-bond acceptors (Lipinski definition) is 3. The van der Waals surface area contributed by atoms with Gasteiger partial charge >= 0.3 is 0 Å². The Hall–Kier alpha value is -3.71. The van der Waals surface area contributed by atoms with Gasteiger partial charge in [0.05, 0.1) is 18.3 Å². The lowest BCUT2D eigenvalue weighted by molar-refractivity contribution is 0.340. The first-order valence-electron chi connectivity index (χ1n) is 10.8. The molecule has 2 aromatic heterocycles. The Morgan fingerprint density at radius 3 is 2.42 bits per heavy atom. The molecule has 0 saturated carbocycles. The third-order valence-electron chi connectivity index (χ3n) is 5.71. The maximum atomic E-state index is 13.7. The molecule has 2 aromatic carbocycles. The monoisotopic (exact) mass is 458 g/mol. The van der Waals surface area contributed by atoms with Crippen LogP contribution in [0.25, 0.3) is 5.69 Å². The van der Waals surface area contributed by atoms with Crippen LogP contribution in [0.4, 0.5) is 10.1 Å². The number of ether oxygens (including phenoxy) is 1. The van der Waals surface area contributed by atoms with Crippen LogP contribution in [0.2, 0.25) is 0 Å². The fourth-order valence-electron chi connectivity index (χ4n) is 4.28.